The molecule has 3 N–H and O–H groups in total. The fraction of sp³-hybridized carbons (Fsp3) is 0.364. The van der Waals surface area contributed by atoms with Gasteiger partial charge in [-0.15, -0.1) is 0 Å². The molecule has 4 rings (SSSR count). The number of nitrogens with one attached hydrogen (secondary N) is 1. The molecule has 1 aliphatic rings. The third kappa shape index (κ3) is 7.64. The molecule has 5 nitrogen and oxygen atoms in total. The highest BCUT2D eigenvalue weighted by molar-refractivity contribution is 5.73. The number of carbonyl (C=O) groups is 1. The van der Waals surface area contributed by atoms with Crippen LogP contribution in [0.25, 0.3) is 17.2 Å². The minimum atomic E-state index is -0.849. The maximum atomic E-state index is 11.1. The first-order valence-electron chi connectivity index (χ1n) is 13.4. The smallest absolute Gasteiger partial charge is 0.307 e. The van der Waals surface area contributed by atoms with Gasteiger partial charge in [0.1, 0.15) is 0 Å². The standard InChI is InChI=1S/C33H39NO4/c1-23(30-13-6-7-14-31(30)28-12-8-9-24(17-28)19-32(36)37)38-22-29(35)21-34-33(2,3)20-25-15-16-26-10-4-5-11-27(26)18-25/h4-17,23,25,29,34-35H,18-22H2,1-3H3,(H,36,37)/t23-,25?,29-/m1/s1. The molecule has 3 atom stereocenters. The van der Waals surface area contributed by atoms with E-state index in [2.05, 4.69) is 55.6 Å². The largest absolute Gasteiger partial charge is 0.481 e. The zero-order chi connectivity index (χ0) is 27.1. The summed E-state index contributed by atoms with van der Waals surface area (Å²) in [5.41, 5.74) is 6.31. The Labute approximate surface area is 226 Å². The lowest BCUT2D eigenvalue weighted by Gasteiger charge is -2.32. The zero-order valence-corrected chi connectivity index (χ0v) is 22.6. The van der Waals surface area contributed by atoms with Crippen molar-refractivity contribution in [2.24, 2.45) is 5.92 Å². The number of carboxylic acids is 1. The van der Waals surface area contributed by atoms with E-state index in [-0.39, 0.29) is 24.7 Å². The molecule has 0 amide bonds. The summed E-state index contributed by atoms with van der Waals surface area (Å²) in [6.07, 6.45) is 5.68. The molecule has 0 spiro atoms. The molecule has 0 aliphatic heterocycles. The summed E-state index contributed by atoms with van der Waals surface area (Å²) in [4.78, 5) is 11.1. The first-order chi connectivity index (χ1) is 18.2. The molecule has 200 valence electrons. The fourth-order valence-electron chi connectivity index (χ4n) is 5.28. The van der Waals surface area contributed by atoms with E-state index in [0.717, 1.165) is 35.1 Å². The monoisotopic (exact) mass is 513 g/mol. The van der Waals surface area contributed by atoms with E-state index < -0.39 is 12.1 Å². The summed E-state index contributed by atoms with van der Waals surface area (Å²) in [5.74, 6) is -0.384. The van der Waals surface area contributed by atoms with Crippen LogP contribution < -0.4 is 5.32 Å². The van der Waals surface area contributed by atoms with Crippen LogP contribution in [0.5, 0.6) is 0 Å². The third-order valence-corrected chi connectivity index (χ3v) is 7.20. The van der Waals surface area contributed by atoms with Gasteiger partial charge in [-0.2, -0.15) is 0 Å². The van der Waals surface area contributed by atoms with Gasteiger partial charge in [0.05, 0.1) is 25.2 Å². The number of fused-ring (bicyclic) bond motifs is 1. The molecule has 38 heavy (non-hydrogen) atoms. The average molecular weight is 514 g/mol. The van der Waals surface area contributed by atoms with Crippen LogP contribution in [0.3, 0.4) is 0 Å². The normalized spacial score (nSPS) is 16.6. The van der Waals surface area contributed by atoms with Crippen molar-refractivity contribution in [1.82, 2.24) is 5.32 Å². The van der Waals surface area contributed by atoms with Crippen molar-refractivity contribution in [3.05, 3.63) is 101 Å². The number of allylic oxidation sites excluding steroid dienone is 1. The van der Waals surface area contributed by atoms with Gasteiger partial charge in [-0.1, -0.05) is 84.9 Å². The van der Waals surface area contributed by atoms with Crippen molar-refractivity contribution in [2.75, 3.05) is 13.2 Å². The highest BCUT2D eigenvalue weighted by atomic mass is 16.5. The number of hydrogen-bond acceptors (Lipinski definition) is 4. The summed E-state index contributed by atoms with van der Waals surface area (Å²) in [6.45, 7) is 7.02. The highest BCUT2D eigenvalue weighted by Gasteiger charge is 2.25. The Hall–Kier alpha value is -3.25. The van der Waals surface area contributed by atoms with Crippen molar-refractivity contribution >= 4 is 12.0 Å². The maximum absolute atomic E-state index is 11.1. The van der Waals surface area contributed by atoms with Gasteiger partial charge in [0.25, 0.3) is 0 Å². The molecule has 0 fully saturated rings. The Balaban J connectivity index is 1.30. The number of rotatable bonds is 12. The van der Waals surface area contributed by atoms with Crippen molar-refractivity contribution in [3.63, 3.8) is 0 Å². The second-order valence-electron chi connectivity index (χ2n) is 11.0. The molecular formula is C33H39NO4. The SMILES string of the molecule is C[C@@H](OC[C@H](O)CNC(C)(C)CC1C=Cc2ccccc2C1)c1ccccc1-c1cccc(CC(=O)O)c1. The van der Waals surface area contributed by atoms with E-state index in [4.69, 9.17) is 9.84 Å². The van der Waals surface area contributed by atoms with Gasteiger partial charge in [-0.05, 0) is 72.9 Å². The zero-order valence-electron chi connectivity index (χ0n) is 22.6. The lowest BCUT2D eigenvalue weighted by atomic mass is 9.82. The Kier molecular flexibility index (Phi) is 9.16. The van der Waals surface area contributed by atoms with Crippen LogP contribution in [0.2, 0.25) is 0 Å². The van der Waals surface area contributed by atoms with Crippen LogP contribution in [-0.2, 0) is 22.4 Å². The molecule has 1 aliphatic carbocycles. The fourth-order valence-corrected chi connectivity index (χ4v) is 5.28. The number of benzene rings is 3. The Morgan fingerprint density at radius 2 is 1.84 bits per heavy atom. The van der Waals surface area contributed by atoms with Crippen LogP contribution in [-0.4, -0.2) is 41.0 Å². The van der Waals surface area contributed by atoms with Gasteiger partial charge in [0.2, 0.25) is 0 Å². The number of carboxylic acid groups (broad SMARTS) is 1. The molecule has 5 heteroatoms. The van der Waals surface area contributed by atoms with E-state index in [1.807, 2.05) is 55.5 Å². The minimum absolute atomic E-state index is 0.0120. The quantitative estimate of drug-likeness (QED) is 0.274. The molecule has 3 aromatic rings. The van der Waals surface area contributed by atoms with Crippen molar-refractivity contribution in [2.45, 2.75) is 57.8 Å². The number of β-amino-alcohol motifs (C(OH)–C–C–N with tert-alkyl or cyclic N) is 1. The predicted octanol–water partition coefficient (Wildman–Crippen LogP) is 6.06. The maximum Gasteiger partial charge on any atom is 0.307 e. The molecule has 0 saturated carbocycles. The molecule has 3 aromatic carbocycles. The number of aliphatic carboxylic acids is 1. The summed E-state index contributed by atoms with van der Waals surface area (Å²) in [6, 6.07) is 24.2. The van der Waals surface area contributed by atoms with Crippen LogP contribution >= 0.6 is 0 Å². The third-order valence-electron chi connectivity index (χ3n) is 7.20. The van der Waals surface area contributed by atoms with E-state index in [9.17, 15) is 9.90 Å². The molecular weight excluding hydrogens is 474 g/mol. The lowest BCUT2D eigenvalue weighted by Crippen LogP contribution is -2.45. The van der Waals surface area contributed by atoms with Crippen molar-refractivity contribution in [3.8, 4) is 11.1 Å². The van der Waals surface area contributed by atoms with E-state index in [1.165, 1.54) is 11.1 Å². The summed E-state index contributed by atoms with van der Waals surface area (Å²) >= 11 is 0. The van der Waals surface area contributed by atoms with Crippen LogP contribution in [0.1, 0.15) is 55.5 Å². The summed E-state index contributed by atoms with van der Waals surface area (Å²) in [7, 11) is 0. The van der Waals surface area contributed by atoms with Gasteiger partial charge in [0, 0.05) is 12.1 Å². The first kappa shape index (κ1) is 27.8. The molecule has 0 aromatic heterocycles. The summed E-state index contributed by atoms with van der Waals surface area (Å²) in [5, 5.41) is 23.4. The van der Waals surface area contributed by atoms with Crippen molar-refractivity contribution < 1.29 is 19.7 Å². The summed E-state index contributed by atoms with van der Waals surface area (Å²) < 4.78 is 6.11. The lowest BCUT2D eigenvalue weighted by molar-refractivity contribution is -0.136. The minimum Gasteiger partial charge on any atom is -0.481 e. The first-order valence-corrected chi connectivity index (χ1v) is 13.4. The second-order valence-corrected chi connectivity index (χ2v) is 11.0. The van der Waals surface area contributed by atoms with Gasteiger partial charge >= 0.3 is 5.97 Å². The van der Waals surface area contributed by atoms with Gasteiger partial charge in [0.15, 0.2) is 0 Å². The Morgan fingerprint density at radius 1 is 1.08 bits per heavy atom. The van der Waals surface area contributed by atoms with Crippen LogP contribution in [0.4, 0.5) is 0 Å². The average Bonchev–Trinajstić information content (AvgIpc) is 2.90. The molecule has 1 unspecified atom stereocenters. The number of aliphatic hydroxyl groups excluding tert-OH is 1. The number of hydrogen-bond donors (Lipinski definition) is 3. The van der Waals surface area contributed by atoms with Gasteiger partial charge < -0.3 is 20.3 Å². The van der Waals surface area contributed by atoms with Gasteiger partial charge in [-0.25, -0.2) is 0 Å². The van der Waals surface area contributed by atoms with E-state index in [1.54, 1.807) is 0 Å². The van der Waals surface area contributed by atoms with Crippen LogP contribution in [0, 0.1) is 5.92 Å². The number of aliphatic hydroxyl groups is 1. The molecule has 0 radical (unpaired) electrons. The van der Waals surface area contributed by atoms with E-state index in [0.29, 0.717) is 12.5 Å². The topological polar surface area (TPSA) is 78.8 Å². The Bertz CT molecular complexity index is 1270. The molecule has 0 saturated heterocycles. The highest BCUT2D eigenvalue weighted by Crippen LogP contribution is 2.31. The second kappa shape index (κ2) is 12.5. The van der Waals surface area contributed by atoms with Crippen molar-refractivity contribution in [1.29, 1.82) is 0 Å². The molecule has 0 heterocycles. The van der Waals surface area contributed by atoms with Crippen LogP contribution in [0.15, 0.2) is 78.9 Å². The van der Waals surface area contributed by atoms with E-state index >= 15 is 0 Å². The predicted molar refractivity (Wildman–Crippen MR) is 153 cm³/mol. The van der Waals surface area contributed by atoms with Gasteiger partial charge in [-0.3, -0.25) is 4.79 Å². The molecule has 0 bridgehead atoms. The Morgan fingerprint density at radius 3 is 2.66 bits per heavy atom. The number of ether oxygens (including phenoxy) is 1.